The van der Waals surface area contributed by atoms with Gasteiger partial charge in [-0.15, -0.1) is 0 Å². The number of aryl methyl sites for hydroxylation is 1. The van der Waals surface area contributed by atoms with Gasteiger partial charge in [0.1, 0.15) is 0 Å². The standard InChI is InChI=1S/C23H19ClN2O2/c24-20-10-8-18(22(25)27)14-19(20)16-9-11-21-17(13-16)7-4-12-26(21)23(28)15-5-2-1-3-6-15/h1-3,5-6,8-11,13-14H,4,7,12H2,(H2,25,27). The summed E-state index contributed by atoms with van der Waals surface area (Å²) in [6.07, 6.45) is 1.78. The molecule has 2 amide bonds. The maximum Gasteiger partial charge on any atom is 0.258 e. The second kappa shape index (κ2) is 7.49. The number of fused-ring (bicyclic) bond motifs is 1. The van der Waals surface area contributed by atoms with Crippen LogP contribution in [0.15, 0.2) is 66.7 Å². The molecular formula is C23H19ClN2O2. The minimum atomic E-state index is -0.490. The fourth-order valence-corrected chi connectivity index (χ4v) is 3.84. The van der Waals surface area contributed by atoms with Crippen molar-refractivity contribution in [1.29, 1.82) is 0 Å². The first-order valence-electron chi connectivity index (χ1n) is 9.14. The molecule has 0 fully saturated rings. The summed E-state index contributed by atoms with van der Waals surface area (Å²) in [5.74, 6) is -0.487. The molecule has 1 aliphatic rings. The Hall–Kier alpha value is -3.11. The summed E-state index contributed by atoms with van der Waals surface area (Å²) in [6.45, 7) is 0.692. The summed E-state index contributed by atoms with van der Waals surface area (Å²) >= 11 is 6.36. The number of carbonyl (C=O) groups excluding carboxylic acids is 2. The lowest BCUT2D eigenvalue weighted by atomic mass is 9.95. The summed E-state index contributed by atoms with van der Waals surface area (Å²) in [5, 5.41) is 0.554. The van der Waals surface area contributed by atoms with Crippen LogP contribution in [0.25, 0.3) is 11.1 Å². The molecule has 0 atom stereocenters. The van der Waals surface area contributed by atoms with E-state index < -0.39 is 5.91 Å². The molecule has 0 aromatic heterocycles. The van der Waals surface area contributed by atoms with Crippen LogP contribution in [0, 0.1) is 0 Å². The van der Waals surface area contributed by atoms with Crippen LogP contribution in [0.3, 0.4) is 0 Å². The number of carbonyl (C=O) groups is 2. The zero-order valence-corrected chi connectivity index (χ0v) is 15.9. The number of hydrogen-bond acceptors (Lipinski definition) is 2. The van der Waals surface area contributed by atoms with Crippen LogP contribution in [-0.2, 0) is 6.42 Å². The molecule has 3 aromatic carbocycles. The molecule has 3 aromatic rings. The molecule has 4 nitrogen and oxygen atoms in total. The van der Waals surface area contributed by atoms with E-state index in [0.717, 1.165) is 35.2 Å². The number of halogens is 1. The van der Waals surface area contributed by atoms with Crippen LogP contribution in [-0.4, -0.2) is 18.4 Å². The van der Waals surface area contributed by atoms with Gasteiger partial charge in [0.15, 0.2) is 0 Å². The minimum absolute atomic E-state index is 0.00283. The molecule has 1 aliphatic heterocycles. The first kappa shape index (κ1) is 18.3. The molecule has 0 radical (unpaired) electrons. The van der Waals surface area contributed by atoms with Crippen molar-refractivity contribution < 1.29 is 9.59 Å². The summed E-state index contributed by atoms with van der Waals surface area (Å²) in [5.41, 5.74) is 10.2. The number of benzene rings is 3. The van der Waals surface area contributed by atoms with Crippen LogP contribution >= 0.6 is 11.6 Å². The average Bonchev–Trinajstić information content (AvgIpc) is 2.73. The Labute approximate surface area is 168 Å². The quantitative estimate of drug-likeness (QED) is 0.704. The Balaban J connectivity index is 1.72. The third kappa shape index (κ3) is 3.39. The number of nitrogens with two attached hydrogens (primary N) is 1. The van der Waals surface area contributed by atoms with Crippen LogP contribution in [0.4, 0.5) is 5.69 Å². The molecule has 0 unspecified atom stereocenters. The molecular weight excluding hydrogens is 372 g/mol. The van der Waals surface area contributed by atoms with Gasteiger partial charge >= 0.3 is 0 Å². The minimum Gasteiger partial charge on any atom is -0.366 e. The van der Waals surface area contributed by atoms with E-state index in [9.17, 15) is 9.59 Å². The second-order valence-corrected chi connectivity index (χ2v) is 7.24. The van der Waals surface area contributed by atoms with Gasteiger partial charge in [0, 0.05) is 33.9 Å². The SMILES string of the molecule is NC(=O)c1ccc(Cl)c(-c2ccc3c(c2)CCCN3C(=O)c2ccccc2)c1. The summed E-state index contributed by atoms with van der Waals surface area (Å²) < 4.78 is 0. The average molecular weight is 391 g/mol. The smallest absolute Gasteiger partial charge is 0.258 e. The van der Waals surface area contributed by atoms with Crippen molar-refractivity contribution in [2.75, 3.05) is 11.4 Å². The van der Waals surface area contributed by atoms with Crippen molar-refractivity contribution in [3.8, 4) is 11.1 Å². The van der Waals surface area contributed by atoms with E-state index in [1.54, 1.807) is 18.2 Å². The maximum atomic E-state index is 12.9. The maximum absolute atomic E-state index is 12.9. The summed E-state index contributed by atoms with van der Waals surface area (Å²) in [7, 11) is 0. The number of amides is 2. The summed E-state index contributed by atoms with van der Waals surface area (Å²) in [6, 6.07) is 20.3. The molecule has 4 rings (SSSR count). The molecule has 2 N–H and O–H groups in total. The lowest BCUT2D eigenvalue weighted by Crippen LogP contribution is -2.35. The van der Waals surface area contributed by atoms with Gasteiger partial charge in [-0.2, -0.15) is 0 Å². The van der Waals surface area contributed by atoms with Crippen molar-refractivity contribution in [2.45, 2.75) is 12.8 Å². The second-order valence-electron chi connectivity index (χ2n) is 6.83. The molecule has 0 spiro atoms. The molecule has 0 saturated heterocycles. The predicted molar refractivity (Wildman–Crippen MR) is 112 cm³/mol. The van der Waals surface area contributed by atoms with Gasteiger partial charge in [-0.1, -0.05) is 35.9 Å². The highest BCUT2D eigenvalue weighted by Gasteiger charge is 2.24. The Morgan fingerprint density at radius 2 is 1.71 bits per heavy atom. The van der Waals surface area contributed by atoms with E-state index in [-0.39, 0.29) is 5.91 Å². The summed E-state index contributed by atoms with van der Waals surface area (Å²) in [4.78, 5) is 26.3. The highest BCUT2D eigenvalue weighted by molar-refractivity contribution is 6.33. The van der Waals surface area contributed by atoms with Crippen molar-refractivity contribution in [3.63, 3.8) is 0 Å². The third-order valence-corrected chi connectivity index (χ3v) is 5.36. The van der Waals surface area contributed by atoms with E-state index in [0.29, 0.717) is 22.7 Å². The normalized spacial score (nSPS) is 13.1. The largest absolute Gasteiger partial charge is 0.366 e. The van der Waals surface area contributed by atoms with Crippen LogP contribution < -0.4 is 10.6 Å². The molecule has 5 heteroatoms. The number of nitrogens with zero attached hydrogens (tertiary/aromatic N) is 1. The van der Waals surface area contributed by atoms with Crippen molar-refractivity contribution in [2.24, 2.45) is 5.73 Å². The van der Waals surface area contributed by atoms with E-state index in [4.69, 9.17) is 17.3 Å². The molecule has 0 saturated carbocycles. The molecule has 28 heavy (non-hydrogen) atoms. The van der Waals surface area contributed by atoms with Crippen molar-refractivity contribution in [3.05, 3.63) is 88.4 Å². The van der Waals surface area contributed by atoms with Gasteiger partial charge in [0.25, 0.3) is 5.91 Å². The fraction of sp³-hybridized carbons (Fsp3) is 0.130. The lowest BCUT2D eigenvalue weighted by Gasteiger charge is -2.30. The zero-order chi connectivity index (χ0) is 19.7. The van der Waals surface area contributed by atoms with Gasteiger partial charge in [-0.05, 0) is 66.4 Å². The topological polar surface area (TPSA) is 63.4 Å². The molecule has 0 bridgehead atoms. The first-order chi connectivity index (χ1) is 13.5. The van der Waals surface area contributed by atoms with E-state index in [2.05, 4.69) is 0 Å². The highest BCUT2D eigenvalue weighted by Crippen LogP contribution is 2.35. The van der Waals surface area contributed by atoms with Crippen LogP contribution in [0.5, 0.6) is 0 Å². The predicted octanol–water partition coefficient (Wildman–Crippen LogP) is 4.70. The lowest BCUT2D eigenvalue weighted by molar-refractivity contribution is 0.0981. The molecule has 140 valence electrons. The van der Waals surface area contributed by atoms with Gasteiger partial charge in [-0.25, -0.2) is 0 Å². The van der Waals surface area contributed by atoms with E-state index in [1.165, 1.54) is 0 Å². The zero-order valence-electron chi connectivity index (χ0n) is 15.2. The van der Waals surface area contributed by atoms with E-state index in [1.807, 2.05) is 53.4 Å². The van der Waals surface area contributed by atoms with Crippen LogP contribution in [0.1, 0.15) is 32.7 Å². The first-order valence-corrected chi connectivity index (χ1v) is 9.52. The van der Waals surface area contributed by atoms with Gasteiger partial charge in [0.05, 0.1) is 0 Å². The number of rotatable bonds is 3. The number of hydrogen-bond donors (Lipinski definition) is 1. The van der Waals surface area contributed by atoms with Gasteiger partial charge < -0.3 is 10.6 Å². The highest BCUT2D eigenvalue weighted by atomic mass is 35.5. The molecule has 0 aliphatic carbocycles. The van der Waals surface area contributed by atoms with Crippen LogP contribution in [0.2, 0.25) is 5.02 Å². The Kier molecular flexibility index (Phi) is 4.88. The van der Waals surface area contributed by atoms with Gasteiger partial charge in [0.2, 0.25) is 5.91 Å². The fourth-order valence-electron chi connectivity index (χ4n) is 3.61. The van der Waals surface area contributed by atoms with Gasteiger partial charge in [-0.3, -0.25) is 9.59 Å². The Bertz CT molecular complexity index is 1060. The monoisotopic (exact) mass is 390 g/mol. The van der Waals surface area contributed by atoms with E-state index >= 15 is 0 Å². The Morgan fingerprint density at radius 3 is 2.46 bits per heavy atom. The third-order valence-electron chi connectivity index (χ3n) is 5.03. The van der Waals surface area contributed by atoms with Crippen molar-refractivity contribution in [1.82, 2.24) is 0 Å². The number of anilines is 1. The Morgan fingerprint density at radius 1 is 0.929 bits per heavy atom. The molecule has 1 heterocycles. The number of primary amides is 1. The van der Waals surface area contributed by atoms with Crippen molar-refractivity contribution >= 4 is 29.1 Å².